The standard InChI is InChI=1S/C13H18N2O4S/c1-20(18,19)10-4-5-12(16)11(7-10)15-13(17)9-3-2-6-14-8-9/h4-5,7,9,14,16H,2-3,6,8H2,1H3,(H,15,17)/t9-/m0/s1. The Morgan fingerprint density at radius 2 is 2.20 bits per heavy atom. The van der Waals surface area contributed by atoms with Gasteiger partial charge in [0.25, 0.3) is 0 Å². The fourth-order valence-electron chi connectivity index (χ4n) is 2.16. The topological polar surface area (TPSA) is 95.5 Å². The van der Waals surface area contributed by atoms with Gasteiger partial charge in [0, 0.05) is 12.8 Å². The highest BCUT2D eigenvalue weighted by molar-refractivity contribution is 7.90. The number of carbonyl (C=O) groups is 1. The van der Waals surface area contributed by atoms with Crippen molar-refractivity contribution < 1.29 is 18.3 Å². The van der Waals surface area contributed by atoms with E-state index in [1.807, 2.05) is 0 Å². The number of amides is 1. The van der Waals surface area contributed by atoms with Gasteiger partial charge in [-0.1, -0.05) is 0 Å². The van der Waals surface area contributed by atoms with E-state index in [9.17, 15) is 18.3 Å². The molecule has 0 radical (unpaired) electrons. The van der Waals surface area contributed by atoms with Gasteiger partial charge in [0.05, 0.1) is 16.5 Å². The molecule has 0 aromatic heterocycles. The number of anilines is 1. The molecule has 20 heavy (non-hydrogen) atoms. The van der Waals surface area contributed by atoms with Crippen LogP contribution in [0.3, 0.4) is 0 Å². The van der Waals surface area contributed by atoms with Crippen LogP contribution in [0.2, 0.25) is 0 Å². The molecule has 1 aliphatic rings. The summed E-state index contributed by atoms with van der Waals surface area (Å²) in [5, 5.41) is 15.5. The lowest BCUT2D eigenvalue weighted by atomic mass is 9.99. The lowest BCUT2D eigenvalue weighted by Crippen LogP contribution is -2.37. The van der Waals surface area contributed by atoms with Crippen molar-refractivity contribution in [3.05, 3.63) is 18.2 Å². The number of sulfone groups is 1. The van der Waals surface area contributed by atoms with E-state index >= 15 is 0 Å². The number of rotatable bonds is 3. The molecule has 0 spiro atoms. The van der Waals surface area contributed by atoms with Crippen LogP contribution in [0.4, 0.5) is 5.69 Å². The first kappa shape index (κ1) is 14.8. The second-order valence-corrected chi connectivity index (χ2v) is 7.00. The van der Waals surface area contributed by atoms with E-state index in [4.69, 9.17) is 0 Å². The summed E-state index contributed by atoms with van der Waals surface area (Å²) in [6.07, 6.45) is 2.79. The van der Waals surface area contributed by atoms with E-state index in [0.29, 0.717) is 6.54 Å². The molecule has 1 fully saturated rings. The molecule has 1 aromatic carbocycles. The molecular weight excluding hydrogens is 280 g/mol. The molecule has 1 aliphatic heterocycles. The highest BCUT2D eigenvalue weighted by Crippen LogP contribution is 2.27. The summed E-state index contributed by atoms with van der Waals surface area (Å²) in [6, 6.07) is 3.85. The smallest absolute Gasteiger partial charge is 0.228 e. The van der Waals surface area contributed by atoms with Crippen LogP contribution in [-0.4, -0.2) is 38.8 Å². The monoisotopic (exact) mass is 298 g/mol. The maximum absolute atomic E-state index is 12.1. The third kappa shape index (κ3) is 3.49. The summed E-state index contributed by atoms with van der Waals surface area (Å²) < 4.78 is 23.0. The van der Waals surface area contributed by atoms with Crippen LogP contribution < -0.4 is 10.6 Å². The molecule has 1 saturated heterocycles. The number of benzene rings is 1. The average Bonchev–Trinajstić information content (AvgIpc) is 2.41. The van der Waals surface area contributed by atoms with Crippen LogP contribution >= 0.6 is 0 Å². The van der Waals surface area contributed by atoms with Gasteiger partial charge >= 0.3 is 0 Å². The van der Waals surface area contributed by atoms with Gasteiger partial charge in [0.2, 0.25) is 5.91 Å². The van der Waals surface area contributed by atoms with Crippen molar-refractivity contribution >= 4 is 21.4 Å². The first-order chi connectivity index (χ1) is 9.38. The van der Waals surface area contributed by atoms with E-state index in [1.54, 1.807) is 0 Å². The molecule has 110 valence electrons. The molecule has 1 amide bonds. The van der Waals surface area contributed by atoms with E-state index in [1.165, 1.54) is 18.2 Å². The molecule has 0 aliphatic carbocycles. The lowest BCUT2D eigenvalue weighted by Gasteiger charge is -2.22. The Labute approximate surface area is 118 Å². The Kier molecular flexibility index (Phi) is 4.29. The zero-order chi connectivity index (χ0) is 14.8. The first-order valence-electron chi connectivity index (χ1n) is 6.42. The van der Waals surface area contributed by atoms with Crippen molar-refractivity contribution in [2.75, 3.05) is 24.7 Å². The van der Waals surface area contributed by atoms with Crippen molar-refractivity contribution in [1.82, 2.24) is 5.32 Å². The van der Waals surface area contributed by atoms with E-state index in [0.717, 1.165) is 25.6 Å². The molecule has 7 heteroatoms. The molecule has 3 N–H and O–H groups in total. The number of carbonyl (C=O) groups excluding carboxylic acids is 1. The van der Waals surface area contributed by atoms with Gasteiger partial charge < -0.3 is 15.7 Å². The van der Waals surface area contributed by atoms with Crippen molar-refractivity contribution in [2.45, 2.75) is 17.7 Å². The maximum atomic E-state index is 12.1. The van der Waals surface area contributed by atoms with E-state index in [2.05, 4.69) is 10.6 Å². The fraction of sp³-hybridized carbons (Fsp3) is 0.462. The Bertz CT molecular complexity index is 607. The van der Waals surface area contributed by atoms with Gasteiger partial charge in [-0.25, -0.2) is 8.42 Å². The molecule has 0 unspecified atom stereocenters. The summed E-state index contributed by atoms with van der Waals surface area (Å²) in [6.45, 7) is 1.50. The fourth-order valence-corrected chi connectivity index (χ4v) is 2.80. The Hall–Kier alpha value is -1.60. The molecule has 2 rings (SSSR count). The van der Waals surface area contributed by atoms with E-state index < -0.39 is 9.84 Å². The van der Waals surface area contributed by atoms with Crippen LogP contribution in [-0.2, 0) is 14.6 Å². The minimum atomic E-state index is -3.38. The zero-order valence-corrected chi connectivity index (χ0v) is 12.0. The van der Waals surface area contributed by atoms with Crippen LogP contribution in [0.5, 0.6) is 5.75 Å². The number of hydrogen-bond acceptors (Lipinski definition) is 5. The Balaban J connectivity index is 2.18. The predicted octanol–water partition coefficient (Wildman–Crippen LogP) is 0.734. The van der Waals surface area contributed by atoms with Crippen LogP contribution in [0, 0.1) is 5.92 Å². The molecule has 1 atom stereocenters. The summed E-state index contributed by atoms with van der Waals surface area (Å²) in [7, 11) is -3.38. The second kappa shape index (κ2) is 5.80. The molecule has 6 nitrogen and oxygen atoms in total. The van der Waals surface area contributed by atoms with Crippen molar-refractivity contribution in [2.24, 2.45) is 5.92 Å². The largest absolute Gasteiger partial charge is 0.506 e. The summed E-state index contributed by atoms with van der Waals surface area (Å²) in [5.41, 5.74) is 0.128. The molecular formula is C13H18N2O4S. The minimum Gasteiger partial charge on any atom is -0.506 e. The van der Waals surface area contributed by atoms with Gasteiger partial charge in [-0.15, -0.1) is 0 Å². The molecule has 0 bridgehead atoms. The van der Waals surface area contributed by atoms with Gasteiger partial charge in [0.15, 0.2) is 9.84 Å². The lowest BCUT2D eigenvalue weighted by molar-refractivity contribution is -0.120. The highest BCUT2D eigenvalue weighted by atomic mass is 32.2. The number of aromatic hydroxyl groups is 1. The van der Waals surface area contributed by atoms with Crippen LogP contribution in [0.25, 0.3) is 0 Å². The van der Waals surface area contributed by atoms with Gasteiger partial charge in [-0.3, -0.25) is 4.79 Å². The van der Waals surface area contributed by atoms with Gasteiger partial charge in [-0.05, 0) is 37.6 Å². The van der Waals surface area contributed by atoms with Crippen molar-refractivity contribution in [3.8, 4) is 5.75 Å². The van der Waals surface area contributed by atoms with Crippen molar-refractivity contribution in [3.63, 3.8) is 0 Å². The Morgan fingerprint density at radius 3 is 2.80 bits per heavy atom. The molecule has 1 aromatic rings. The third-order valence-corrected chi connectivity index (χ3v) is 4.43. The zero-order valence-electron chi connectivity index (χ0n) is 11.2. The van der Waals surface area contributed by atoms with Crippen LogP contribution in [0.15, 0.2) is 23.1 Å². The predicted molar refractivity (Wildman–Crippen MR) is 75.4 cm³/mol. The SMILES string of the molecule is CS(=O)(=O)c1ccc(O)c(NC(=O)[C@H]2CCCNC2)c1. The average molecular weight is 298 g/mol. The van der Waals surface area contributed by atoms with Crippen LogP contribution in [0.1, 0.15) is 12.8 Å². The molecule has 0 saturated carbocycles. The van der Waals surface area contributed by atoms with E-state index in [-0.39, 0.29) is 28.2 Å². The number of phenols is 1. The molecule has 1 heterocycles. The number of hydrogen-bond donors (Lipinski definition) is 3. The minimum absolute atomic E-state index is 0.0624. The third-order valence-electron chi connectivity index (χ3n) is 3.32. The summed E-state index contributed by atoms with van der Waals surface area (Å²) >= 11 is 0. The number of phenolic OH excluding ortho intramolecular Hbond substituents is 1. The van der Waals surface area contributed by atoms with Gasteiger partial charge in [-0.2, -0.15) is 0 Å². The van der Waals surface area contributed by atoms with Gasteiger partial charge in [0.1, 0.15) is 5.75 Å². The second-order valence-electron chi connectivity index (χ2n) is 4.98. The highest BCUT2D eigenvalue weighted by Gasteiger charge is 2.22. The number of piperidine rings is 1. The normalized spacial score (nSPS) is 19.6. The number of nitrogens with one attached hydrogen (secondary N) is 2. The first-order valence-corrected chi connectivity index (χ1v) is 8.32. The summed E-state index contributed by atoms with van der Waals surface area (Å²) in [5.74, 6) is -0.516. The quantitative estimate of drug-likeness (QED) is 0.715. The maximum Gasteiger partial charge on any atom is 0.228 e. The Morgan fingerprint density at radius 1 is 1.45 bits per heavy atom. The summed E-state index contributed by atoms with van der Waals surface area (Å²) in [4.78, 5) is 12.1. The van der Waals surface area contributed by atoms with Crippen molar-refractivity contribution in [1.29, 1.82) is 0 Å².